The van der Waals surface area contributed by atoms with Gasteiger partial charge in [0.2, 0.25) is 0 Å². The van der Waals surface area contributed by atoms with Crippen molar-refractivity contribution in [2.24, 2.45) is 0 Å². The molecule has 0 saturated carbocycles. The molecule has 0 aliphatic heterocycles. The van der Waals surface area contributed by atoms with Crippen molar-refractivity contribution in [2.45, 2.75) is 0 Å². The number of aromatic nitrogens is 2. The lowest BCUT2D eigenvalue weighted by atomic mass is 10.0. The highest BCUT2D eigenvalue weighted by Gasteiger charge is 2.17. The van der Waals surface area contributed by atoms with Crippen molar-refractivity contribution >= 4 is 43.5 Å². The first-order valence-electron chi connectivity index (χ1n) is 13.0. The molecule has 178 valence electrons. The molecule has 0 aliphatic carbocycles. The van der Waals surface area contributed by atoms with Gasteiger partial charge in [-0.15, -0.1) is 0 Å². The molecule has 6 aromatic carbocycles. The summed E-state index contributed by atoms with van der Waals surface area (Å²) < 4.78 is 4.73. The van der Waals surface area contributed by atoms with Gasteiger partial charge in [-0.3, -0.25) is 0 Å². The largest absolute Gasteiger partial charge is 0.317 e. The van der Waals surface area contributed by atoms with Crippen LogP contribution in [0.4, 0.5) is 0 Å². The lowest BCUT2D eigenvalue weighted by molar-refractivity contribution is 1.13. The van der Waals surface area contributed by atoms with Crippen molar-refractivity contribution in [2.75, 3.05) is 0 Å². The molecule has 2 aromatic heterocycles. The van der Waals surface area contributed by atoms with E-state index in [-0.39, 0.29) is 0 Å². The average molecular weight is 485 g/mol. The highest BCUT2D eigenvalue weighted by atomic mass is 15.0. The molecule has 0 radical (unpaired) electrons. The van der Waals surface area contributed by atoms with E-state index in [1.807, 2.05) is 0 Å². The Morgan fingerprint density at radius 1 is 0.395 bits per heavy atom. The first-order chi connectivity index (χ1) is 18.9. The van der Waals surface area contributed by atoms with Gasteiger partial charge in [-0.05, 0) is 59.0 Å². The van der Waals surface area contributed by atoms with Gasteiger partial charge >= 0.3 is 0 Å². The molecule has 0 bridgehead atoms. The smallest absolute Gasteiger partial charge is 0.0626 e. The predicted molar refractivity (Wildman–Crippen MR) is 161 cm³/mol. The molecule has 38 heavy (non-hydrogen) atoms. The number of hydrogen-bond acceptors (Lipinski definition) is 0. The van der Waals surface area contributed by atoms with E-state index in [9.17, 15) is 0 Å². The van der Waals surface area contributed by atoms with Crippen LogP contribution in [-0.2, 0) is 0 Å². The summed E-state index contributed by atoms with van der Waals surface area (Å²) in [4.78, 5) is 0. The zero-order valence-electron chi connectivity index (χ0n) is 20.8. The van der Waals surface area contributed by atoms with Crippen LogP contribution in [0.3, 0.4) is 0 Å². The van der Waals surface area contributed by atoms with E-state index in [2.05, 4.69) is 155 Å². The summed E-state index contributed by atoms with van der Waals surface area (Å²) in [6.45, 7) is 0. The third-order valence-corrected chi connectivity index (χ3v) is 7.75. The quantitative estimate of drug-likeness (QED) is 0.236. The zero-order valence-corrected chi connectivity index (χ0v) is 20.8. The number of benzene rings is 6. The SMILES string of the molecule is c1ccc(-c2ccc(-n3c4ccccc4c4ccc5ccc6c(ccn6-c6ccccc6)c5c43)cc2)cc1. The van der Waals surface area contributed by atoms with Crippen molar-refractivity contribution in [3.05, 3.63) is 146 Å². The van der Waals surface area contributed by atoms with Gasteiger partial charge in [0, 0.05) is 39.1 Å². The fraction of sp³-hybridized carbons (Fsp3) is 0. The van der Waals surface area contributed by atoms with Crippen molar-refractivity contribution in [3.8, 4) is 22.5 Å². The van der Waals surface area contributed by atoms with E-state index in [1.165, 1.54) is 66.0 Å². The third kappa shape index (κ3) is 3.07. The van der Waals surface area contributed by atoms with Crippen LogP contribution in [0.1, 0.15) is 0 Å². The Bertz CT molecular complexity index is 2100. The van der Waals surface area contributed by atoms with E-state index >= 15 is 0 Å². The van der Waals surface area contributed by atoms with Gasteiger partial charge in [-0.25, -0.2) is 0 Å². The molecule has 0 saturated heterocycles. The first-order valence-corrected chi connectivity index (χ1v) is 13.0. The number of hydrogen-bond donors (Lipinski definition) is 0. The summed E-state index contributed by atoms with van der Waals surface area (Å²) in [6.07, 6.45) is 2.19. The molecule has 2 nitrogen and oxygen atoms in total. The lowest BCUT2D eigenvalue weighted by Crippen LogP contribution is -1.95. The molecule has 0 aliphatic rings. The standard InChI is InChI=1S/C36H24N2/c1-3-9-25(10-4-1)26-15-19-29(20-16-26)38-34-14-8-7-13-30(34)31-21-17-27-18-22-33-32(35(27)36(31)38)23-24-37(33)28-11-5-2-6-12-28/h1-24H. The Morgan fingerprint density at radius 2 is 1.08 bits per heavy atom. The van der Waals surface area contributed by atoms with Crippen molar-refractivity contribution in [1.82, 2.24) is 9.13 Å². The molecule has 8 aromatic rings. The Labute approximate surface area is 220 Å². The van der Waals surface area contributed by atoms with Crippen LogP contribution in [0, 0.1) is 0 Å². The van der Waals surface area contributed by atoms with Crippen LogP contribution < -0.4 is 0 Å². The van der Waals surface area contributed by atoms with Crippen molar-refractivity contribution in [3.63, 3.8) is 0 Å². The van der Waals surface area contributed by atoms with Gasteiger partial charge in [-0.1, -0.05) is 97.1 Å². The highest BCUT2D eigenvalue weighted by molar-refractivity contribution is 6.25. The van der Waals surface area contributed by atoms with Gasteiger partial charge in [-0.2, -0.15) is 0 Å². The van der Waals surface area contributed by atoms with Crippen LogP contribution in [0.25, 0.3) is 66.0 Å². The van der Waals surface area contributed by atoms with Gasteiger partial charge in [0.1, 0.15) is 0 Å². The number of fused-ring (bicyclic) bond motifs is 7. The average Bonchev–Trinajstić information content (AvgIpc) is 3.58. The maximum atomic E-state index is 2.45. The summed E-state index contributed by atoms with van der Waals surface area (Å²) in [6, 6.07) is 50.2. The fourth-order valence-corrected chi connectivity index (χ4v) is 6.01. The first kappa shape index (κ1) is 21.0. The Morgan fingerprint density at radius 3 is 1.89 bits per heavy atom. The molecule has 0 unspecified atom stereocenters. The summed E-state index contributed by atoms with van der Waals surface area (Å²) in [5.74, 6) is 0. The highest BCUT2D eigenvalue weighted by Crippen LogP contribution is 2.40. The summed E-state index contributed by atoms with van der Waals surface area (Å²) in [7, 11) is 0. The second kappa shape index (κ2) is 8.22. The Kier molecular flexibility index (Phi) is 4.55. The zero-order chi connectivity index (χ0) is 25.1. The minimum atomic E-state index is 1.17. The number of para-hydroxylation sites is 2. The molecule has 0 N–H and O–H groups in total. The minimum Gasteiger partial charge on any atom is -0.317 e. The normalized spacial score (nSPS) is 11.7. The van der Waals surface area contributed by atoms with E-state index < -0.39 is 0 Å². The molecule has 8 rings (SSSR count). The van der Waals surface area contributed by atoms with Crippen molar-refractivity contribution in [1.29, 1.82) is 0 Å². The van der Waals surface area contributed by atoms with E-state index in [0.717, 1.165) is 0 Å². The molecule has 0 atom stereocenters. The second-order valence-corrected chi connectivity index (χ2v) is 9.84. The molecule has 0 amide bonds. The van der Waals surface area contributed by atoms with Crippen LogP contribution in [0.15, 0.2) is 146 Å². The third-order valence-electron chi connectivity index (χ3n) is 7.75. The second-order valence-electron chi connectivity index (χ2n) is 9.84. The molecule has 0 spiro atoms. The predicted octanol–water partition coefficient (Wildman–Crippen LogP) is 9.55. The Balaban J connectivity index is 1.46. The monoisotopic (exact) mass is 484 g/mol. The summed E-state index contributed by atoms with van der Waals surface area (Å²) in [5, 5.41) is 6.36. The molecule has 2 heteroatoms. The van der Waals surface area contributed by atoms with Gasteiger partial charge in [0.05, 0.1) is 16.6 Å². The van der Waals surface area contributed by atoms with E-state index in [0.29, 0.717) is 0 Å². The molecular formula is C36H24N2. The van der Waals surface area contributed by atoms with E-state index in [4.69, 9.17) is 0 Å². The van der Waals surface area contributed by atoms with Crippen molar-refractivity contribution < 1.29 is 0 Å². The number of nitrogens with zero attached hydrogens (tertiary/aromatic N) is 2. The van der Waals surface area contributed by atoms with E-state index in [1.54, 1.807) is 0 Å². The lowest BCUT2D eigenvalue weighted by Gasteiger charge is -2.12. The summed E-state index contributed by atoms with van der Waals surface area (Å²) in [5.41, 5.74) is 8.49. The van der Waals surface area contributed by atoms with Gasteiger partial charge in [0.15, 0.2) is 0 Å². The maximum absolute atomic E-state index is 2.45. The van der Waals surface area contributed by atoms with Crippen LogP contribution >= 0.6 is 0 Å². The fourth-order valence-electron chi connectivity index (χ4n) is 6.01. The van der Waals surface area contributed by atoms with Gasteiger partial charge in [0.25, 0.3) is 0 Å². The van der Waals surface area contributed by atoms with Crippen LogP contribution in [0.2, 0.25) is 0 Å². The van der Waals surface area contributed by atoms with Crippen LogP contribution in [0.5, 0.6) is 0 Å². The van der Waals surface area contributed by atoms with Gasteiger partial charge < -0.3 is 9.13 Å². The topological polar surface area (TPSA) is 9.86 Å². The molecule has 2 heterocycles. The molecular weight excluding hydrogens is 460 g/mol. The maximum Gasteiger partial charge on any atom is 0.0626 e. The molecule has 0 fully saturated rings. The number of rotatable bonds is 3. The minimum absolute atomic E-state index is 1.17. The summed E-state index contributed by atoms with van der Waals surface area (Å²) >= 11 is 0. The Hall–Kier alpha value is -5.08. The van der Waals surface area contributed by atoms with Crippen LogP contribution in [-0.4, -0.2) is 9.13 Å².